The number of ether oxygens (including phenoxy) is 1. The van der Waals surface area contributed by atoms with E-state index in [-0.39, 0.29) is 5.91 Å². The zero-order valence-electron chi connectivity index (χ0n) is 14.5. The van der Waals surface area contributed by atoms with Crippen molar-refractivity contribution in [3.8, 4) is 5.75 Å². The first-order chi connectivity index (χ1) is 12.0. The molecule has 2 aromatic rings. The number of thioether (sulfide) groups is 1. The molecule has 0 radical (unpaired) electrons. The lowest BCUT2D eigenvalue weighted by Crippen LogP contribution is -2.12. The lowest BCUT2D eigenvalue weighted by molar-refractivity contribution is -0.116. The van der Waals surface area contributed by atoms with Gasteiger partial charge in [0.05, 0.1) is 11.1 Å². The molecule has 0 fully saturated rings. The van der Waals surface area contributed by atoms with Crippen LogP contribution in [-0.2, 0) is 4.79 Å². The quantitative estimate of drug-likeness (QED) is 0.322. The summed E-state index contributed by atoms with van der Waals surface area (Å²) in [4.78, 5) is 11.9. The minimum Gasteiger partial charge on any atom is -0.492 e. The third-order valence-electron chi connectivity index (χ3n) is 3.35. The topological polar surface area (TPSA) is 64.1 Å². The molecular weight excluding hydrogens is 422 g/mol. The van der Waals surface area contributed by atoms with Crippen LogP contribution < -0.4 is 10.1 Å². The zero-order chi connectivity index (χ0) is 18.2. The van der Waals surface area contributed by atoms with Crippen molar-refractivity contribution in [1.29, 1.82) is 0 Å². The number of hydrogen-bond acceptors (Lipinski definition) is 6. The second-order valence-electron chi connectivity index (χ2n) is 5.65. The normalized spacial score (nSPS) is 10.9. The van der Waals surface area contributed by atoms with E-state index in [2.05, 4.69) is 64.3 Å². The molecule has 2 rings (SSSR count). The van der Waals surface area contributed by atoms with Gasteiger partial charge in [-0.15, -0.1) is 10.2 Å². The van der Waals surface area contributed by atoms with Crippen molar-refractivity contribution in [3.05, 3.63) is 28.2 Å². The highest BCUT2D eigenvalue weighted by atomic mass is 79.9. The summed E-state index contributed by atoms with van der Waals surface area (Å²) in [6.45, 7) is 6.85. The van der Waals surface area contributed by atoms with Gasteiger partial charge >= 0.3 is 0 Å². The van der Waals surface area contributed by atoms with E-state index >= 15 is 0 Å². The molecule has 1 N–H and O–H groups in total. The van der Waals surface area contributed by atoms with E-state index < -0.39 is 0 Å². The number of carbonyl (C=O) groups is 1. The number of aromatic nitrogens is 2. The molecule has 25 heavy (non-hydrogen) atoms. The van der Waals surface area contributed by atoms with Gasteiger partial charge in [0.15, 0.2) is 4.34 Å². The Hall–Kier alpha value is -1.12. The van der Waals surface area contributed by atoms with Crippen LogP contribution in [0.3, 0.4) is 0 Å². The fourth-order valence-corrected chi connectivity index (χ4v) is 4.21. The molecule has 0 bridgehead atoms. The van der Waals surface area contributed by atoms with E-state index in [0.29, 0.717) is 30.5 Å². The van der Waals surface area contributed by atoms with Crippen molar-refractivity contribution in [2.45, 2.75) is 43.9 Å². The molecule has 1 aromatic carbocycles. The highest BCUT2D eigenvalue weighted by molar-refractivity contribution is 9.10. The summed E-state index contributed by atoms with van der Waals surface area (Å²) in [6, 6.07) is 6.11. The molecule has 5 nitrogen and oxygen atoms in total. The molecule has 1 amide bonds. The summed E-state index contributed by atoms with van der Waals surface area (Å²) >= 11 is 6.55. The van der Waals surface area contributed by atoms with Gasteiger partial charge in [0, 0.05) is 6.42 Å². The van der Waals surface area contributed by atoms with Gasteiger partial charge in [0.1, 0.15) is 5.75 Å². The minimum atomic E-state index is -0.0676. The van der Waals surface area contributed by atoms with Crippen LogP contribution in [0.5, 0.6) is 5.75 Å². The number of benzene rings is 1. The Morgan fingerprint density at radius 2 is 2.20 bits per heavy atom. The van der Waals surface area contributed by atoms with Crippen molar-refractivity contribution < 1.29 is 9.53 Å². The number of amides is 1. The first-order valence-electron chi connectivity index (χ1n) is 8.18. The van der Waals surface area contributed by atoms with Gasteiger partial charge in [-0.05, 0) is 51.7 Å². The summed E-state index contributed by atoms with van der Waals surface area (Å²) in [7, 11) is 0. The lowest BCUT2D eigenvalue weighted by atomic mass is 10.0. The smallest absolute Gasteiger partial charge is 0.226 e. The maximum atomic E-state index is 11.9. The standard InChI is InChI=1S/C17H22BrN3O2S2/c1-4-24-17-21-20-16(25-17)19-15(22)6-5-9-23-14-8-7-12(11(2)3)10-13(14)18/h7-8,10-11H,4-6,9H2,1-3H3,(H,19,20,22). The van der Waals surface area contributed by atoms with E-state index in [4.69, 9.17) is 4.74 Å². The molecule has 0 spiro atoms. The molecule has 0 saturated carbocycles. The summed E-state index contributed by atoms with van der Waals surface area (Å²) in [5.74, 6) is 2.15. The second kappa shape index (κ2) is 10.1. The number of carbonyl (C=O) groups excluding carboxylic acids is 1. The van der Waals surface area contributed by atoms with Crippen LogP contribution in [0.1, 0.15) is 45.1 Å². The average molecular weight is 444 g/mol. The minimum absolute atomic E-state index is 0.0676. The summed E-state index contributed by atoms with van der Waals surface area (Å²) < 4.78 is 7.57. The Bertz CT molecular complexity index is 707. The van der Waals surface area contributed by atoms with Gasteiger partial charge in [-0.2, -0.15) is 0 Å². The van der Waals surface area contributed by atoms with E-state index in [0.717, 1.165) is 20.3 Å². The molecule has 0 saturated heterocycles. The number of hydrogen-bond donors (Lipinski definition) is 1. The average Bonchev–Trinajstić information content (AvgIpc) is 3.00. The van der Waals surface area contributed by atoms with Crippen molar-refractivity contribution >= 4 is 50.1 Å². The number of nitrogens with zero attached hydrogens (tertiary/aromatic N) is 2. The summed E-state index contributed by atoms with van der Waals surface area (Å²) in [5.41, 5.74) is 1.26. The first kappa shape index (κ1) is 20.2. The van der Waals surface area contributed by atoms with Gasteiger partial charge in [0.2, 0.25) is 11.0 Å². The fourth-order valence-electron chi connectivity index (χ4n) is 2.03. The van der Waals surface area contributed by atoms with E-state index in [1.807, 2.05) is 6.07 Å². The monoisotopic (exact) mass is 443 g/mol. The van der Waals surface area contributed by atoms with Crippen LogP contribution in [0.15, 0.2) is 27.0 Å². The Morgan fingerprint density at radius 3 is 2.88 bits per heavy atom. The van der Waals surface area contributed by atoms with Crippen LogP contribution in [0.4, 0.5) is 5.13 Å². The van der Waals surface area contributed by atoms with Gasteiger partial charge in [-0.3, -0.25) is 4.79 Å². The number of halogens is 1. The van der Waals surface area contributed by atoms with Crippen LogP contribution in [0.25, 0.3) is 0 Å². The van der Waals surface area contributed by atoms with E-state index in [1.165, 1.54) is 16.9 Å². The fraction of sp³-hybridized carbons (Fsp3) is 0.471. The Morgan fingerprint density at radius 1 is 1.40 bits per heavy atom. The van der Waals surface area contributed by atoms with Crippen molar-refractivity contribution in [2.75, 3.05) is 17.7 Å². The van der Waals surface area contributed by atoms with E-state index in [1.54, 1.807) is 11.8 Å². The molecule has 0 unspecified atom stereocenters. The second-order valence-corrected chi connectivity index (χ2v) is 8.99. The molecule has 0 aliphatic carbocycles. The van der Waals surface area contributed by atoms with Crippen molar-refractivity contribution in [3.63, 3.8) is 0 Å². The van der Waals surface area contributed by atoms with Gasteiger partial charge in [0.25, 0.3) is 0 Å². The van der Waals surface area contributed by atoms with E-state index in [9.17, 15) is 4.79 Å². The van der Waals surface area contributed by atoms with Crippen LogP contribution in [-0.4, -0.2) is 28.5 Å². The summed E-state index contributed by atoms with van der Waals surface area (Å²) in [6.07, 6.45) is 1.02. The van der Waals surface area contributed by atoms with Crippen LogP contribution in [0.2, 0.25) is 0 Å². The molecule has 0 aliphatic heterocycles. The predicted molar refractivity (Wildman–Crippen MR) is 108 cm³/mol. The van der Waals surface area contributed by atoms with Crippen molar-refractivity contribution in [2.24, 2.45) is 0 Å². The number of anilines is 1. The lowest BCUT2D eigenvalue weighted by Gasteiger charge is -2.11. The molecule has 0 aliphatic rings. The SMILES string of the molecule is CCSc1nnc(NC(=O)CCCOc2ccc(C(C)C)cc2Br)s1. The van der Waals surface area contributed by atoms with Crippen LogP contribution >= 0.6 is 39.0 Å². The number of rotatable bonds is 9. The highest BCUT2D eigenvalue weighted by Gasteiger charge is 2.09. The molecular formula is C17H22BrN3O2S2. The Labute approximate surface area is 165 Å². The van der Waals surface area contributed by atoms with Gasteiger partial charge in [-0.25, -0.2) is 0 Å². The van der Waals surface area contributed by atoms with Gasteiger partial charge < -0.3 is 10.1 Å². The summed E-state index contributed by atoms with van der Waals surface area (Å²) in [5, 5.41) is 11.3. The highest BCUT2D eigenvalue weighted by Crippen LogP contribution is 2.29. The van der Waals surface area contributed by atoms with Crippen LogP contribution in [0, 0.1) is 0 Å². The maximum Gasteiger partial charge on any atom is 0.226 e. The van der Waals surface area contributed by atoms with Gasteiger partial charge in [-0.1, -0.05) is 49.9 Å². The predicted octanol–water partition coefficient (Wildman–Crippen LogP) is 5.33. The molecule has 0 atom stereocenters. The first-order valence-corrected chi connectivity index (χ1v) is 10.8. The Balaban J connectivity index is 1.72. The third-order valence-corrected chi connectivity index (χ3v) is 5.82. The third kappa shape index (κ3) is 6.60. The maximum absolute atomic E-state index is 11.9. The molecule has 136 valence electrons. The zero-order valence-corrected chi connectivity index (χ0v) is 17.8. The molecule has 1 aromatic heterocycles. The Kier molecular flexibility index (Phi) is 8.18. The van der Waals surface area contributed by atoms with Crippen molar-refractivity contribution in [1.82, 2.24) is 10.2 Å². The number of nitrogens with one attached hydrogen (secondary N) is 1. The molecule has 8 heteroatoms. The molecule has 1 heterocycles. The largest absolute Gasteiger partial charge is 0.492 e.